The van der Waals surface area contributed by atoms with Crippen LogP contribution in [0.2, 0.25) is 0 Å². The molecule has 76 valence electrons. The van der Waals surface area contributed by atoms with Crippen LogP contribution in [0, 0.1) is 5.82 Å². The van der Waals surface area contributed by atoms with Crippen LogP contribution < -0.4 is 0 Å². The molecule has 15 heavy (non-hydrogen) atoms. The Kier molecular flexibility index (Phi) is 2.49. The summed E-state index contributed by atoms with van der Waals surface area (Å²) >= 11 is 0. The maximum absolute atomic E-state index is 12.8. The highest BCUT2D eigenvalue weighted by Crippen LogP contribution is 2.02. The van der Waals surface area contributed by atoms with Crippen molar-refractivity contribution in [1.82, 2.24) is 20.0 Å². The first-order valence-corrected chi connectivity index (χ1v) is 4.22. The summed E-state index contributed by atoms with van der Waals surface area (Å²) in [6.07, 6.45) is 4.75. The standard InChI is InChI=1S/C9H7FN4O/c10-8-1-7(2-11-3-8)4-14-5-9(6-15)12-13-14/h1-3,5-6H,4H2. The van der Waals surface area contributed by atoms with Crippen molar-refractivity contribution in [3.05, 3.63) is 41.7 Å². The normalized spacial score (nSPS) is 10.2. The second kappa shape index (κ2) is 3.95. The van der Waals surface area contributed by atoms with E-state index in [4.69, 9.17) is 0 Å². The molecule has 0 atom stereocenters. The van der Waals surface area contributed by atoms with E-state index in [0.29, 0.717) is 18.4 Å². The Balaban J connectivity index is 2.18. The monoisotopic (exact) mass is 206 g/mol. The fourth-order valence-corrected chi connectivity index (χ4v) is 1.17. The maximum atomic E-state index is 12.8. The first-order chi connectivity index (χ1) is 7.28. The lowest BCUT2D eigenvalue weighted by Crippen LogP contribution is -2.01. The van der Waals surface area contributed by atoms with Gasteiger partial charge in [-0.25, -0.2) is 9.07 Å². The summed E-state index contributed by atoms with van der Waals surface area (Å²) in [4.78, 5) is 14.0. The van der Waals surface area contributed by atoms with Gasteiger partial charge in [-0.2, -0.15) is 0 Å². The summed E-state index contributed by atoms with van der Waals surface area (Å²) in [5, 5.41) is 7.28. The van der Waals surface area contributed by atoms with Gasteiger partial charge in [-0.3, -0.25) is 9.78 Å². The number of halogens is 1. The molecule has 0 radical (unpaired) electrons. The van der Waals surface area contributed by atoms with E-state index < -0.39 is 5.82 Å². The van der Waals surface area contributed by atoms with E-state index in [0.717, 1.165) is 6.20 Å². The molecule has 2 rings (SSSR count). The molecule has 6 heteroatoms. The van der Waals surface area contributed by atoms with Gasteiger partial charge in [0.15, 0.2) is 6.29 Å². The van der Waals surface area contributed by atoms with E-state index in [1.807, 2.05) is 0 Å². The van der Waals surface area contributed by atoms with Crippen molar-refractivity contribution < 1.29 is 9.18 Å². The lowest BCUT2D eigenvalue weighted by atomic mass is 10.3. The second-order valence-electron chi connectivity index (χ2n) is 2.97. The Morgan fingerprint density at radius 3 is 3.00 bits per heavy atom. The Hall–Kier alpha value is -2.11. The number of hydrogen-bond donors (Lipinski definition) is 0. The van der Waals surface area contributed by atoms with E-state index >= 15 is 0 Å². The number of aromatic nitrogens is 4. The highest BCUT2D eigenvalue weighted by atomic mass is 19.1. The summed E-state index contributed by atoms with van der Waals surface area (Å²) in [6.45, 7) is 0.339. The Labute approximate surface area is 84.6 Å². The number of hydrogen-bond acceptors (Lipinski definition) is 4. The minimum Gasteiger partial charge on any atom is -0.296 e. The van der Waals surface area contributed by atoms with Crippen LogP contribution in [0.25, 0.3) is 0 Å². The lowest BCUT2D eigenvalue weighted by Gasteiger charge is -1.99. The molecule has 0 fully saturated rings. The van der Waals surface area contributed by atoms with Crippen LogP contribution in [-0.2, 0) is 6.54 Å². The van der Waals surface area contributed by atoms with Crippen LogP contribution in [-0.4, -0.2) is 26.3 Å². The number of pyridine rings is 1. The van der Waals surface area contributed by atoms with Crippen molar-refractivity contribution in [3.63, 3.8) is 0 Å². The molecule has 2 heterocycles. The lowest BCUT2D eigenvalue weighted by molar-refractivity contribution is 0.111. The third kappa shape index (κ3) is 2.22. The topological polar surface area (TPSA) is 60.7 Å². The molecule has 0 bridgehead atoms. The van der Waals surface area contributed by atoms with E-state index in [1.54, 1.807) is 0 Å². The summed E-state index contributed by atoms with van der Waals surface area (Å²) in [6, 6.07) is 1.36. The van der Waals surface area contributed by atoms with Crippen molar-refractivity contribution in [2.24, 2.45) is 0 Å². The summed E-state index contributed by atoms with van der Waals surface area (Å²) in [5.74, 6) is -0.400. The van der Waals surface area contributed by atoms with Gasteiger partial charge in [-0.1, -0.05) is 5.21 Å². The van der Waals surface area contributed by atoms with Crippen LogP contribution >= 0.6 is 0 Å². The first kappa shape index (κ1) is 9.45. The molecular weight excluding hydrogens is 199 g/mol. The molecule has 5 nitrogen and oxygen atoms in total. The molecule has 2 aromatic rings. The van der Waals surface area contributed by atoms with Gasteiger partial charge in [0.05, 0.1) is 18.9 Å². The van der Waals surface area contributed by atoms with Gasteiger partial charge in [0.2, 0.25) is 0 Å². The largest absolute Gasteiger partial charge is 0.296 e. The molecule has 0 aromatic carbocycles. The van der Waals surface area contributed by atoms with Gasteiger partial charge in [0.1, 0.15) is 11.5 Å². The molecule has 0 aliphatic carbocycles. The zero-order chi connectivity index (χ0) is 10.7. The molecule has 0 saturated carbocycles. The Morgan fingerprint density at radius 2 is 2.33 bits per heavy atom. The summed E-state index contributed by atoms with van der Waals surface area (Å²) < 4.78 is 14.2. The summed E-state index contributed by atoms with van der Waals surface area (Å²) in [5.41, 5.74) is 0.914. The van der Waals surface area contributed by atoms with E-state index in [-0.39, 0.29) is 5.69 Å². The third-order valence-corrected chi connectivity index (χ3v) is 1.78. The average Bonchev–Trinajstić information content (AvgIpc) is 2.65. The van der Waals surface area contributed by atoms with Crippen LogP contribution in [0.3, 0.4) is 0 Å². The van der Waals surface area contributed by atoms with Gasteiger partial charge in [0.25, 0.3) is 0 Å². The zero-order valence-corrected chi connectivity index (χ0v) is 7.67. The highest BCUT2D eigenvalue weighted by molar-refractivity contribution is 5.70. The number of carbonyl (C=O) groups excluding carboxylic acids is 1. The molecular formula is C9H7FN4O. The fourth-order valence-electron chi connectivity index (χ4n) is 1.17. The Bertz CT molecular complexity index is 482. The zero-order valence-electron chi connectivity index (χ0n) is 7.67. The SMILES string of the molecule is O=Cc1cn(Cc2cncc(F)c2)nn1. The molecule has 0 aliphatic rings. The molecule has 0 amide bonds. The molecule has 0 saturated heterocycles. The average molecular weight is 206 g/mol. The third-order valence-electron chi connectivity index (χ3n) is 1.78. The van der Waals surface area contributed by atoms with Gasteiger partial charge >= 0.3 is 0 Å². The number of nitrogens with zero attached hydrogens (tertiary/aromatic N) is 4. The van der Waals surface area contributed by atoms with Crippen LogP contribution in [0.5, 0.6) is 0 Å². The number of carbonyl (C=O) groups is 1. The second-order valence-corrected chi connectivity index (χ2v) is 2.97. The molecule has 0 aliphatic heterocycles. The number of aldehydes is 1. The van der Waals surface area contributed by atoms with Gasteiger partial charge in [-0.05, 0) is 11.6 Å². The van der Waals surface area contributed by atoms with E-state index in [1.165, 1.54) is 23.1 Å². The van der Waals surface area contributed by atoms with E-state index in [9.17, 15) is 9.18 Å². The van der Waals surface area contributed by atoms with Crippen LogP contribution in [0.4, 0.5) is 4.39 Å². The van der Waals surface area contributed by atoms with Crippen molar-refractivity contribution in [3.8, 4) is 0 Å². The van der Waals surface area contributed by atoms with Gasteiger partial charge < -0.3 is 0 Å². The van der Waals surface area contributed by atoms with Crippen molar-refractivity contribution in [2.75, 3.05) is 0 Å². The van der Waals surface area contributed by atoms with Gasteiger partial charge in [0, 0.05) is 6.20 Å². The first-order valence-electron chi connectivity index (χ1n) is 4.22. The molecule has 0 N–H and O–H groups in total. The Morgan fingerprint density at radius 1 is 1.47 bits per heavy atom. The van der Waals surface area contributed by atoms with Crippen LogP contribution in [0.1, 0.15) is 16.1 Å². The molecule has 0 unspecified atom stereocenters. The predicted octanol–water partition coefficient (Wildman–Crippen LogP) is 0.673. The maximum Gasteiger partial charge on any atom is 0.171 e. The predicted molar refractivity (Wildman–Crippen MR) is 48.7 cm³/mol. The quantitative estimate of drug-likeness (QED) is 0.692. The van der Waals surface area contributed by atoms with Gasteiger partial charge in [-0.15, -0.1) is 5.10 Å². The summed E-state index contributed by atoms with van der Waals surface area (Å²) in [7, 11) is 0. The fraction of sp³-hybridized carbons (Fsp3) is 0.111. The van der Waals surface area contributed by atoms with Crippen molar-refractivity contribution >= 4 is 6.29 Å². The minimum absolute atomic E-state index is 0.249. The van der Waals surface area contributed by atoms with Crippen LogP contribution in [0.15, 0.2) is 24.7 Å². The minimum atomic E-state index is -0.400. The molecule has 0 spiro atoms. The number of rotatable bonds is 3. The highest BCUT2D eigenvalue weighted by Gasteiger charge is 2.01. The smallest absolute Gasteiger partial charge is 0.171 e. The molecule has 2 aromatic heterocycles. The van der Waals surface area contributed by atoms with Crippen molar-refractivity contribution in [2.45, 2.75) is 6.54 Å². The van der Waals surface area contributed by atoms with Crippen molar-refractivity contribution in [1.29, 1.82) is 0 Å². The van der Waals surface area contributed by atoms with E-state index in [2.05, 4.69) is 15.3 Å².